The lowest BCUT2D eigenvalue weighted by molar-refractivity contribution is -0.136. The third kappa shape index (κ3) is 6.97. The molecule has 2 N–H and O–H groups in total. The van der Waals surface area contributed by atoms with Crippen LogP contribution in [0.3, 0.4) is 0 Å². The highest BCUT2D eigenvalue weighted by molar-refractivity contribution is 8.76. The molecule has 0 saturated carbocycles. The summed E-state index contributed by atoms with van der Waals surface area (Å²) in [6, 6.07) is 4.87. The molecule has 0 aliphatic heterocycles. The van der Waals surface area contributed by atoms with E-state index < -0.39 is 5.97 Å². The number of nitrogens with one attached hydrogen (secondary N) is 1. The van der Waals surface area contributed by atoms with Crippen molar-refractivity contribution in [2.24, 2.45) is 0 Å². The molecule has 21 heavy (non-hydrogen) atoms. The molecule has 0 radical (unpaired) electrons. The standard InChI is InChI=1S/C13H16ClNO4S2/c1-19-11-3-2-9(14)8-10(11)13(18)15-5-7-21-20-6-4-12(16)17/h2-3,8H,4-7H2,1H3,(H,15,18)(H,16,17). The molecule has 116 valence electrons. The fraction of sp³-hybridized carbons (Fsp3) is 0.385. The molecule has 0 unspecified atom stereocenters. The summed E-state index contributed by atoms with van der Waals surface area (Å²) in [5.74, 6) is 0.671. The fourth-order valence-corrected chi connectivity index (χ4v) is 3.46. The molecule has 0 heterocycles. The zero-order chi connectivity index (χ0) is 15.7. The number of halogens is 1. The lowest BCUT2D eigenvalue weighted by atomic mass is 10.2. The Kier molecular flexibility index (Phi) is 8.41. The first kappa shape index (κ1) is 18.0. The van der Waals surface area contributed by atoms with Gasteiger partial charge in [0.25, 0.3) is 5.91 Å². The molecule has 0 aliphatic carbocycles. The number of carbonyl (C=O) groups excluding carboxylic acids is 1. The Morgan fingerprint density at radius 2 is 2.05 bits per heavy atom. The van der Waals surface area contributed by atoms with E-state index >= 15 is 0 Å². The van der Waals surface area contributed by atoms with Crippen LogP contribution in [0.5, 0.6) is 5.75 Å². The Hall–Kier alpha value is -1.05. The summed E-state index contributed by atoms with van der Waals surface area (Å²) < 4.78 is 5.12. The van der Waals surface area contributed by atoms with Gasteiger partial charge >= 0.3 is 5.97 Å². The van der Waals surface area contributed by atoms with Crippen LogP contribution in [0.1, 0.15) is 16.8 Å². The van der Waals surface area contributed by atoms with Gasteiger partial charge in [0, 0.05) is 23.1 Å². The van der Waals surface area contributed by atoms with Crippen molar-refractivity contribution in [3.63, 3.8) is 0 Å². The van der Waals surface area contributed by atoms with Gasteiger partial charge in [0.15, 0.2) is 0 Å². The van der Waals surface area contributed by atoms with E-state index in [1.165, 1.54) is 28.7 Å². The van der Waals surface area contributed by atoms with E-state index in [9.17, 15) is 9.59 Å². The number of carboxylic acids is 1. The van der Waals surface area contributed by atoms with Crippen LogP contribution >= 0.6 is 33.2 Å². The van der Waals surface area contributed by atoms with Crippen molar-refractivity contribution in [2.75, 3.05) is 25.2 Å². The Morgan fingerprint density at radius 1 is 1.33 bits per heavy atom. The molecule has 5 nitrogen and oxygen atoms in total. The molecular formula is C13H16ClNO4S2. The number of amides is 1. The molecule has 0 spiro atoms. The number of methoxy groups -OCH3 is 1. The van der Waals surface area contributed by atoms with E-state index in [4.69, 9.17) is 21.4 Å². The monoisotopic (exact) mass is 349 g/mol. The minimum atomic E-state index is -0.801. The van der Waals surface area contributed by atoms with Crippen molar-refractivity contribution in [1.29, 1.82) is 0 Å². The maximum atomic E-state index is 12.0. The van der Waals surface area contributed by atoms with Crippen LogP contribution in [0.4, 0.5) is 0 Å². The first-order valence-corrected chi connectivity index (χ1v) is 8.99. The number of hydrogen-bond donors (Lipinski definition) is 2. The normalized spacial score (nSPS) is 10.2. The molecule has 0 aromatic heterocycles. The number of ether oxygens (including phenoxy) is 1. The lowest BCUT2D eigenvalue weighted by Gasteiger charge is -2.09. The fourth-order valence-electron chi connectivity index (χ4n) is 1.41. The SMILES string of the molecule is COc1ccc(Cl)cc1C(=O)NCCSSCCC(=O)O. The van der Waals surface area contributed by atoms with Crippen molar-refractivity contribution >= 4 is 45.1 Å². The van der Waals surface area contributed by atoms with Crippen LogP contribution in [0.25, 0.3) is 0 Å². The second kappa shape index (κ2) is 9.81. The molecule has 8 heteroatoms. The predicted molar refractivity (Wildman–Crippen MR) is 87.5 cm³/mol. The number of carbonyl (C=O) groups is 2. The van der Waals surface area contributed by atoms with Crippen LogP contribution in [0.15, 0.2) is 18.2 Å². The highest BCUT2D eigenvalue weighted by Crippen LogP contribution is 2.23. The van der Waals surface area contributed by atoms with E-state index in [1.54, 1.807) is 18.2 Å². The number of benzene rings is 1. The number of hydrogen-bond acceptors (Lipinski definition) is 5. The molecule has 1 rings (SSSR count). The molecular weight excluding hydrogens is 334 g/mol. The minimum Gasteiger partial charge on any atom is -0.496 e. The van der Waals surface area contributed by atoms with Gasteiger partial charge in [-0.3, -0.25) is 9.59 Å². The van der Waals surface area contributed by atoms with Gasteiger partial charge in [-0.05, 0) is 18.2 Å². The Bertz CT molecular complexity index is 499. The quantitative estimate of drug-likeness (QED) is 0.527. The molecule has 0 fully saturated rings. The van der Waals surface area contributed by atoms with Crippen LogP contribution in [-0.2, 0) is 4.79 Å². The first-order chi connectivity index (χ1) is 10.0. The van der Waals surface area contributed by atoms with Crippen molar-refractivity contribution in [3.05, 3.63) is 28.8 Å². The molecule has 1 amide bonds. The Balaban J connectivity index is 2.31. The molecule has 1 aromatic rings. The number of aliphatic carboxylic acids is 1. The third-order valence-corrected chi connectivity index (χ3v) is 5.00. The molecule has 0 aliphatic rings. The first-order valence-electron chi connectivity index (χ1n) is 6.12. The second-order valence-corrected chi connectivity index (χ2v) is 7.03. The van der Waals surface area contributed by atoms with E-state index in [2.05, 4.69) is 5.32 Å². The van der Waals surface area contributed by atoms with Crippen LogP contribution < -0.4 is 10.1 Å². The van der Waals surface area contributed by atoms with Crippen molar-refractivity contribution in [2.45, 2.75) is 6.42 Å². The summed E-state index contributed by atoms with van der Waals surface area (Å²) in [6.07, 6.45) is 0.143. The van der Waals surface area contributed by atoms with Gasteiger partial charge in [-0.15, -0.1) is 0 Å². The largest absolute Gasteiger partial charge is 0.496 e. The molecule has 0 saturated heterocycles. The highest BCUT2D eigenvalue weighted by Gasteiger charge is 2.12. The maximum Gasteiger partial charge on any atom is 0.304 e. The zero-order valence-electron chi connectivity index (χ0n) is 11.4. The van der Waals surface area contributed by atoms with E-state index in [-0.39, 0.29) is 12.3 Å². The Labute approximate surface area is 136 Å². The third-order valence-electron chi connectivity index (χ3n) is 2.36. The Morgan fingerprint density at radius 3 is 2.71 bits per heavy atom. The van der Waals surface area contributed by atoms with Gasteiger partial charge in [0.1, 0.15) is 5.75 Å². The van der Waals surface area contributed by atoms with E-state index in [1.807, 2.05) is 0 Å². The summed E-state index contributed by atoms with van der Waals surface area (Å²) >= 11 is 5.87. The van der Waals surface area contributed by atoms with Gasteiger partial charge in [0.05, 0.1) is 19.1 Å². The number of carboxylic acid groups (broad SMARTS) is 1. The number of rotatable bonds is 9. The van der Waals surface area contributed by atoms with Crippen LogP contribution in [0.2, 0.25) is 5.02 Å². The van der Waals surface area contributed by atoms with E-state index in [0.717, 1.165) is 0 Å². The maximum absolute atomic E-state index is 12.0. The van der Waals surface area contributed by atoms with Gasteiger partial charge in [-0.2, -0.15) is 0 Å². The molecule has 0 bridgehead atoms. The van der Waals surface area contributed by atoms with Crippen LogP contribution in [-0.4, -0.2) is 42.1 Å². The topological polar surface area (TPSA) is 75.6 Å². The zero-order valence-corrected chi connectivity index (χ0v) is 13.8. The smallest absolute Gasteiger partial charge is 0.304 e. The van der Waals surface area contributed by atoms with Crippen molar-refractivity contribution in [3.8, 4) is 5.75 Å². The lowest BCUT2D eigenvalue weighted by Crippen LogP contribution is -2.26. The van der Waals surface area contributed by atoms with Gasteiger partial charge in [-0.1, -0.05) is 33.2 Å². The summed E-state index contributed by atoms with van der Waals surface area (Å²) in [4.78, 5) is 22.3. The molecule has 0 atom stereocenters. The highest BCUT2D eigenvalue weighted by atomic mass is 35.5. The average molecular weight is 350 g/mol. The van der Waals surface area contributed by atoms with Gasteiger partial charge in [-0.25, -0.2) is 0 Å². The predicted octanol–water partition coefficient (Wildman–Crippen LogP) is 2.93. The molecule has 1 aromatic carbocycles. The van der Waals surface area contributed by atoms with Crippen molar-refractivity contribution < 1.29 is 19.4 Å². The summed E-state index contributed by atoms with van der Waals surface area (Å²) in [7, 11) is 4.50. The average Bonchev–Trinajstić information content (AvgIpc) is 2.45. The summed E-state index contributed by atoms with van der Waals surface area (Å²) in [5, 5.41) is 11.7. The summed E-state index contributed by atoms with van der Waals surface area (Å²) in [6.45, 7) is 0.485. The summed E-state index contributed by atoms with van der Waals surface area (Å²) in [5.41, 5.74) is 0.397. The van der Waals surface area contributed by atoms with Crippen molar-refractivity contribution in [1.82, 2.24) is 5.32 Å². The van der Waals surface area contributed by atoms with Gasteiger partial charge < -0.3 is 15.2 Å². The van der Waals surface area contributed by atoms with E-state index in [0.29, 0.717) is 34.4 Å². The van der Waals surface area contributed by atoms with Crippen LogP contribution in [0, 0.1) is 0 Å². The second-order valence-electron chi connectivity index (χ2n) is 3.89. The minimum absolute atomic E-state index is 0.143. The van der Waals surface area contributed by atoms with Gasteiger partial charge in [0.2, 0.25) is 0 Å².